The van der Waals surface area contributed by atoms with E-state index in [1.807, 2.05) is 20.8 Å². The second-order valence-electron chi connectivity index (χ2n) is 5.23. The summed E-state index contributed by atoms with van der Waals surface area (Å²) in [6, 6.07) is 5.02. The van der Waals surface area contributed by atoms with Crippen LogP contribution in [0.2, 0.25) is 0 Å². The number of amides is 1. The second-order valence-corrected chi connectivity index (χ2v) is 5.23. The van der Waals surface area contributed by atoms with Gasteiger partial charge < -0.3 is 15.5 Å². The third-order valence-corrected chi connectivity index (χ3v) is 3.31. The molecule has 0 bridgehead atoms. The molecule has 0 radical (unpaired) electrons. The van der Waals surface area contributed by atoms with Gasteiger partial charge in [0.15, 0.2) is 5.76 Å². The number of furan rings is 1. The maximum atomic E-state index is 12.0. The van der Waals surface area contributed by atoms with Crippen molar-refractivity contribution >= 4 is 11.6 Å². The van der Waals surface area contributed by atoms with Crippen LogP contribution in [0, 0.1) is 6.92 Å². The van der Waals surface area contributed by atoms with E-state index in [0.717, 1.165) is 16.9 Å². The van der Waals surface area contributed by atoms with E-state index in [1.54, 1.807) is 12.1 Å². The van der Waals surface area contributed by atoms with Gasteiger partial charge in [0.05, 0.1) is 0 Å². The summed E-state index contributed by atoms with van der Waals surface area (Å²) >= 11 is 0. The first-order chi connectivity index (χ1) is 10.4. The number of carbonyl (C=O) groups is 1. The van der Waals surface area contributed by atoms with Crippen molar-refractivity contribution in [2.24, 2.45) is 0 Å². The van der Waals surface area contributed by atoms with E-state index in [0.29, 0.717) is 11.5 Å². The molecule has 0 saturated carbocycles. The molecule has 22 heavy (non-hydrogen) atoms. The Morgan fingerprint density at radius 2 is 2.23 bits per heavy atom. The zero-order valence-corrected chi connectivity index (χ0v) is 12.9. The minimum absolute atomic E-state index is 0.0235. The molecule has 1 unspecified atom stereocenters. The molecule has 118 valence electrons. The number of aryl methyl sites for hydroxylation is 1. The minimum atomic E-state index is -0.494. The SMILES string of the molecule is CCC(C)NC(=O)Cn1nc(-c2ccc(C)o2)cc(N)c1=O. The molecule has 0 aliphatic rings. The third kappa shape index (κ3) is 3.55. The molecule has 0 spiro atoms. The molecule has 7 nitrogen and oxygen atoms in total. The summed E-state index contributed by atoms with van der Waals surface area (Å²) in [5.74, 6) is 0.944. The van der Waals surface area contributed by atoms with Crippen molar-refractivity contribution in [3.05, 3.63) is 34.3 Å². The molecule has 0 aliphatic heterocycles. The summed E-state index contributed by atoms with van der Waals surface area (Å²) in [6.45, 7) is 5.49. The highest BCUT2D eigenvalue weighted by atomic mass is 16.3. The molecular weight excluding hydrogens is 284 g/mol. The van der Waals surface area contributed by atoms with Crippen molar-refractivity contribution in [3.8, 4) is 11.5 Å². The molecule has 1 atom stereocenters. The number of nitrogens with zero attached hydrogens (tertiary/aromatic N) is 2. The van der Waals surface area contributed by atoms with Crippen LogP contribution >= 0.6 is 0 Å². The number of hydrogen-bond donors (Lipinski definition) is 2. The first kappa shape index (κ1) is 15.8. The van der Waals surface area contributed by atoms with Crippen LogP contribution in [0.3, 0.4) is 0 Å². The van der Waals surface area contributed by atoms with Gasteiger partial charge in [-0.2, -0.15) is 5.10 Å². The van der Waals surface area contributed by atoms with Gasteiger partial charge in [0.1, 0.15) is 23.7 Å². The van der Waals surface area contributed by atoms with Gasteiger partial charge in [-0.05, 0) is 38.5 Å². The standard InChI is InChI=1S/C15H20N4O3/c1-4-9(2)17-14(20)8-19-15(21)11(16)7-12(18-19)13-6-5-10(3)22-13/h5-7,9H,4,8,16H2,1-3H3,(H,17,20). The topological polar surface area (TPSA) is 103 Å². The molecule has 2 aromatic heterocycles. The summed E-state index contributed by atoms with van der Waals surface area (Å²) in [6.07, 6.45) is 0.807. The molecule has 0 aliphatic carbocycles. The maximum Gasteiger partial charge on any atom is 0.290 e. The van der Waals surface area contributed by atoms with E-state index >= 15 is 0 Å². The summed E-state index contributed by atoms with van der Waals surface area (Å²) in [4.78, 5) is 23.9. The Labute approximate surface area is 128 Å². The highest BCUT2D eigenvalue weighted by molar-refractivity contribution is 5.76. The van der Waals surface area contributed by atoms with Crippen LogP contribution in [0.5, 0.6) is 0 Å². The van der Waals surface area contributed by atoms with E-state index in [1.165, 1.54) is 6.07 Å². The molecule has 3 N–H and O–H groups in total. The second kappa shape index (κ2) is 6.46. The highest BCUT2D eigenvalue weighted by Gasteiger charge is 2.13. The fraction of sp³-hybridized carbons (Fsp3) is 0.400. The van der Waals surface area contributed by atoms with E-state index in [4.69, 9.17) is 10.2 Å². The van der Waals surface area contributed by atoms with Gasteiger partial charge in [0, 0.05) is 6.04 Å². The van der Waals surface area contributed by atoms with Crippen molar-refractivity contribution in [2.75, 3.05) is 5.73 Å². The first-order valence-electron chi connectivity index (χ1n) is 7.14. The van der Waals surface area contributed by atoms with Gasteiger partial charge in [-0.3, -0.25) is 9.59 Å². The number of nitrogens with two attached hydrogens (primary N) is 1. The number of aromatic nitrogens is 2. The number of carbonyl (C=O) groups excluding carboxylic acids is 1. The lowest BCUT2D eigenvalue weighted by Gasteiger charge is -2.12. The molecular formula is C15H20N4O3. The Balaban J connectivity index is 2.29. The largest absolute Gasteiger partial charge is 0.460 e. The van der Waals surface area contributed by atoms with Crippen LogP contribution in [0.4, 0.5) is 5.69 Å². The zero-order chi connectivity index (χ0) is 16.3. The number of hydrogen-bond acceptors (Lipinski definition) is 5. The van der Waals surface area contributed by atoms with Crippen molar-refractivity contribution in [1.82, 2.24) is 15.1 Å². The number of anilines is 1. The lowest BCUT2D eigenvalue weighted by Crippen LogP contribution is -2.38. The van der Waals surface area contributed by atoms with Crippen LogP contribution in [-0.4, -0.2) is 21.7 Å². The summed E-state index contributed by atoms with van der Waals surface area (Å²) < 4.78 is 6.53. The Hall–Kier alpha value is -2.57. The fourth-order valence-electron chi connectivity index (χ4n) is 1.92. The quantitative estimate of drug-likeness (QED) is 0.867. The molecule has 0 saturated heterocycles. The van der Waals surface area contributed by atoms with Crippen LogP contribution in [-0.2, 0) is 11.3 Å². The van der Waals surface area contributed by atoms with E-state index < -0.39 is 5.56 Å². The van der Waals surface area contributed by atoms with Gasteiger partial charge in [-0.25, -0.2) is 4.68 Å². The van der Waals surface area contributed by atoms with Crippen molar-refractivity contribution < 1.29 is 9.21 Å². The van der Waals surface area contributed by atoms with Crippen LogP contribution in [0.25, 0.3) is 11.5 Å². The summed E-state index contributed by atoms with van der Waals surface area (Å²) in [5, 5.41) is 6.94. The molecule has 2 rings (SSSR count). The van der Waals surface area contributed by atoms with Crippen LogP contribution < -0.4 is 16.6 Å². The lowest BCUT2D eigenvalue weighted by atomic mass is 10.2. The van der Waals surface area contributed by atoms with Gasteiger partial charge in [-0.15, -0.1) is 0 Å². The summed E-state index contributed by atoms with van der Waals surface area (Å²) in [5.41, 5.74) is 5.67. The average Bonchev–Trinajstić information content (AvgIpc) is 2.90. The number of nitrogen functional groups attached to an aromatic ring is 1. The van der Waals surface area contributed by atoms with Gasteiger partial charge in [-0.1, -0.05) is 6.92 Å². The lowest BCUT2D eigenvalue weighted by molar-refractivity contribution is -0.122. The fourth-order valence-corrected chi connectivity index (χ4v) is 1.92. The Morgan fingerprint density at radius 3 is 2.82 bits per heavy atom. The molecule has 0 aromatic carbocycles. The van der Waals surface area contributed by atoms with Crippen LogP contribution in [0.1, 0.15) is 26.0 Å². The van der Waals surface area contributed by atoms with E-state index in [2.05, 4.69) is 10.4 Å². The predicted molar refractivity (Wildman–Crippen MR) is 83.2 cm³/mol. The minimum Gasteiger partial charge on any atom is -0.460 e. The van der Waals surface area contributed by atoms with Crippen molar-refractivity contribution in [2.45, 2.75) is 39.8 Å². The Morgan fingerprint density at radius 1 is 1.50 bits per heavy atom. The molecule has 2 aromatic rings. The van der Waals surface area contributed by atoms with Crippen molar-refractivity contribution in [3.63, 3.8) is 0 Å². The molecule has 2 heterocycles. The molecule has 0 fully saturated rings. The number of rotatable bonds is 5. The maximum absolute atomic E-state index is 12.0. The molecule has 1 amide bonds. The summed E-state index contributed by atoms with van der Waals surface area (Å²) in [7, 11) is 0. The first-order valence-corrected chi connectivity index (χ1v) is 7.14. The average molecular weight is 304 g/mol. The third-order valence-electron chi connectivity index (χ3n) is 3.31. The van der Waals surface area contributed by atoms with Crippen LogP contribution in [0.15, 0.2) is 27.4 Å². The van der Waals surface area contributed by atoms with Crippen molar-refractivity contribution in [1.29, 1.82) is 0 Å². The predicted octanol–water partition coefficient (Wildman–Crippen LogP) is 1.31. The number of nitrogens with one attached hydrogen (secondary N) is 1. The zero-order valence-electron chi connectivity index (χ0n) is 12.9. The normalized spacial score (nSPS) is 12.1. The van der Waals surface area contributed by atoms with Gasteiger partial charge >= 0.3 is 0 Å². The monoisotopic (exact) mass is 304 g/mol. The van der Waals surface area contributed by atoms with E-state index in [9.17, 15) is 9.59 Å². The van der Waals surface area contributed by atoms with Gasteiger partial charge in [0.25, 0.3) is 5.56 Å². The highest BCUT2D eigenvalue weighted by Crippen LogP contribution is 2.19. The Bertz CT molecular complexity index is 733. The van der Waals surface area contributed by atoms with Gasteiger partial charge in [0.2, 0.25) is 5.91 Å². The smallest absolute Gasteiger partial charge is 0.290 e. The van der Waals surface area contributed by atoms with E-state index in [-0.39, 0.29) is 24.2 Å². The Kier molecular flexibility index (Phi) is 4.65. The molecule has 7 heteroatoms.